The first-order valence-electron chi connectivity index (χ1n) is 16.6. The predicted octanol–water partition coefficient (Wildman–Crippen LogP) is 12.8. The smallest absolute Gasteiger partial charge is 0.0775 e. The first-order chi connectivity index (χ1) is 23.4. The van der Waals surface area contributed by atoms with Gasteiger partial charge in [-0.2, -0.15) is 0 Å². The van der Waals surface area contributed by atoms with E-state index >= 15 is 0 Å². The Balaban J connectivity index is 1.37. The maximum atomic E-state index is 2.42. The van der Waals surface area contributed by atoms with Gasteiger partial charge in [0.25, 0.3) is 0 Å². The minimum atomic E-state index is -1.43. The van der Waals surface area contributed by atoms with Crippen molar-refractivity contribution in [1.29, 1.82) is 0 Å². The van der Waals surface area contributed by atoms with Crippen molar-refractivity contribution in [3.8, 4) is 0 Å². The van der Waals surface area contributed by atoms with Crippen molar-refractivity contribution in [2.75, 3.05) is 16.1 Å². The van der Waals surface area contributed by atoms with Gasteiger partial charge < -0.3 is 9.80 Å². The van der Waals surface area contributed by atoms with Crippen LogP contribution in [0.1, 0.15) is 0 Å². The second-order valence-corrected chi connectivity index (χ2v) is 19.4. The number of hydrogen-bond donors (Lipinski definition) is 0. The Kier molecular flexibility index (Phi) is 7.71. The van der Waals surface area contributed by atoms with Crippen LogP contribution in [0.4, 0.5) is 34.1 Å². The number of anilines is 6. The molecule has 0 saturated heterocycles. The third kappa shape index (κ3) is 5.31. The van der Waals surface area contributed by atoms with E-state index in [1.165, 1.54) is 59.5 Å². The largest absolute Gasteiger partial charge is 0.310 e. The summed E-state index contributed by atoms with van der Waals surface area (Å²) in [6.45, 7) is 7.22. The lowest BCUT2D eigenvalue weighted by atomic mass is 9.91. The lowest BCUT2D eigenvalue weighted by Crippen LogP contribution is -2.37. The van der Waals surface area contributed by atoms with Crippen molar-refractivity contribution in [3.05, 3.63) is 158 Å². The molecule has 234 valence electrons. The summed E-state index contributed by atoms with van der Waals surface area (Å²) in [7, 11) is -1.43. The van der Waals surface area contributed by atoms with Crippen LogP contribution in [0.2, 0.25) is 19.6 Å². The summed E-state index contributed by atoms with van der Waals surface area (Å²) >= 11 is 1.77. The highest BCUT2D eigenvalue weighted by molar-refractivity contribution is 7.98. The topological polar surface area (TPSA) is 6.48 Å². The highest BCUT2D eigenvalue weighted by Gasteiger charge is 2.22. The predicted molar refractivity (Wildman–Crippen MR) is 214 cm³/mol. The number of hydrogen-bond acceptors (Lipinski definition) is 3. The van der Waals surface area contributed by atoms with Crippen LogP contribution in [-0.4, -0.2) is 14.3 Å². The lowest BCUT2D eigenvalue weighted by molar-refractivity contribution is 1.28. The molecule has 0 N–H and O–H groups in total. The molecule has 48 heavy (non-hydrogen) atoms. The van der Waals surface area contributed by atoms with Gasteiger partial charge in [0.2, 0.25) is 0 Å². The van der Waals surface area contributed by atoms with E-state index in [-0.39, 0.29) is 0 Å². The molecule has 8 aromatic carbocycles. The molecule has 0 aromatic heterocycles. The van der Waals surface area contributed by atoms with Crippen LogP contribution >= 0.6 is 11.8 Å². The van der Waals surface area contributed by atoms with E-state index in [9.17, 15) is 0 Å². The Hall–Kier alpha value is -5.03. The van der Waals surface area contributed by atoms with Gasteiger partial charge in [-0.05, 0) is 101 Å². The van der Waals surface area contributed by atoms with Gasteiger partial charge in [0, 0.05) is 38.4 Å². The highest BCUT2D eigenvalue weighted by Crippen LogP contribution is 2.47. The fourth-order valence-corrected chi connectivity index (χ4v) is 8.59. The molecule has 0 fully saturated rings. The minimum Gasteiger partial charge on any atom is -0.310 e. The van der Waals surface area contributed by atoms with Gasteiger partial charge in [-0.3, -0.25) is 0 Å². The van der Waals surface area contributed by atoms with Crippen LogP contribution < -0.4 is 15.0 Å². The number of benzene rings is 8. The minimum absolute atomic E-state index is 1.14. The highest BCUT2D eigenvalue weighted by atomic mass is 32.2. The van der Waals surface area contributed by atoms with Crippen molar-refractivity contribution in [3.63, 3.8) is 0 Å². The van der Waals surface area contributed by atoms with E-state index in [1.54, 1.807) is 11.8 Å². The first-order valence-corrected chi connectivity index (χ1v) is 21.3. The van der Waals surface area contributed by atoms with Gasteiger partial charge in [0.1, 0.15) is 0 Å². The molecule has 0 heterocycles. The number of nitrogens with zero attached hydrogens (tertiary/aromatic N) is 2. The van der Waals surface area contributed by atoms with Crippen molar-refractivity contribution >= 4 is 91.5 Å². The standard InChI is InChI=1S/C44H38N2SSi/c1-47-37-23-19-35(20-24-37)45(33-11-7-5-8-12-33)41-29-17-31-16-28-40-42(30-18-32-15-27-39(41)43(31)44(32)40)46(34-13-9-6-10-14-34)36-21-25-38(26-22-36)48(2,3)4/h5-30H,1-4H3. The first kappa shape index (κ1) is 30.3. The van der Waals surface area contributed by atoms with Gasteiger partial charge in [-0.15, -0.1) is 11.8 Å². The molecule has 0 aliphatic heterocycles. The Morgan fingerprint density at radius 3 is 1.23 bits per heavy atom. The molecular weight excluding hydrogens is 617 g/mol. The molecule has 0 bridgehead atoms. The van der Waals surface area contributed by atoms with Gasteiger partial charge in [-0.1, -0.05) is 110 Å². The molecule has 0 unspecified atom stereocenters. The van der Waals surface area contributed by atoms with Crippen LogP contribution in [0.15, 0.2) is 163 Å². The molecule has 0 radical (unpaired) electrons. The van der Waals surface area contributed by atoms with Gasteiger partial charge in [0.05, 0.1) is 19.4 Å². The fraction of sp³-hybridized carbons (Fsp3) is 0.0909. The third-order valence-electron chi connectivity index (χ3n) is 9.45. The van der Waals surface area contributed by atoms with Crippen LogP contribution in [0.5, 0.6) is 0 Å². The van der Waals surface area contributed by atoms with Crippen LogP contribution in [0.3, 0.4) is 0 Å². The van der Waals surface area contributed by atoms with Crippen molar-refractivity contribution in [2.24, 2.45) is 0 Å². The van der Waals surface area contributed by atoms with Crippen molar-refractivity contribution in [2.45, 2.75) is 24.5 Å². The van der Waals surface area contributed by atoms with Crippen LogP contribution in [0.25, 0.3) is 32.3 Å². The third-order valence-corrected chi connectivity index (χ3v) is 12.3. The Morgan fingerprint density at radius 1 is 0.417 bits per heavy atom. The zero-order chi connectivity index (χ0) is 32.8. The summed E-state index contributed by atoms with van der Waals surface area (Å²) in [6.07, 6.45) is 2.13. The van der Waals surface area contributed by atoms with Crippen LogP contribution in [0, 0.1) is 0 Å². The molecule has 4 heteroatoms. The normalized spacial score (nSPS) is 11.8. The zero-order valence-electron chi connectivity index (χ0n) is 27.8. The molecule has 0 aliphatic carbocycles. The maximum absolute atomic E-state index is 2.42. The van der Waals surface area contributed by atoms with E-state index in [0.29, 0.717) is 0 Å². The lowest BCUT2D eigenvalue weighted by Gasteiger charge is -2.29. The second-order valence-electron chi connectivity index (χ2n) is 13.4. The van der Waals surface area contributed by atoms with Crippen molar-refractivity contribution < 1.29 is 0 Å². The summed E-state index contributed by atoms with van der Waals surface area (Å²) in [5.41, 5.74) is 6.96. The van der Waals surface area contributed by atoms with Crippen LogP contribution in [-0.2, 0) is 0 Å². The quantitative estimate of drug-likeness (QED) is 0.0914. The Bertz CT molecular complexity index is 2350. The Morgan fingerprint density at radius 2 is 0.812 bits per heavy atom. The summed E-state index contributed by atoms with van der Waals surface area (Å²) in [5.74, 6) is 0. The summed E-state index contributed by atoms with van der Waals surface area (Å²) in [4.78, 5) is 6.07. The van der Waals surface area contributed by atoms with Gasteiger partial charge >= 0.3 is 0 Å². The molecule has 0 atom stereocenters. The zero-order valence-corrected chi connectivity index (χ0v) is 29.6. The summed E-state index contributed by atoms with van der Waals surface area (Å²) in [5, 5.41) is 9.06. The molecule has 0 amide bonds. The maximum Gasteiger partial charge on any atom is 0.0775 e. The summed E-state index contributed by atoms with van der Waals surface area (Å²) < 4.78 is 0. The monoisotopic (exact) mass is 654 g/mol. The van der Waals surface area contributed by atoms with Gasteiger partial charge in [0.15, 0.2) is 0 Å². The van der Waals surface area contributed by atoms with Crippen molar-refractivity contribution in [1.82, 2.24) is 0 Å². The number of rotatable bonds is 8. The SMILES string of the molecule is CSc1ccc(N(c2ccccc2)c2ccc3ccc4c(N(c5ccccc5)c5ccc([Si](C)(C)C)cc5)ccc5ccc2c3c54)cc1. The summed E-state index contributed by atoms with van der Waals surface area (Å²) in [6, 6.07) is 58.1. The van der Waals surface area contributed by atoms with E-state index in [1.807, 2.05) is 0 Å². The average Bonchev–Trinajstić information content (AvgIpc) is 3.13. The van der Waals surface area contributed by atoms with Gasteiger partial charge in [-0.25, -0.2) is 0 Å². The molecule has 0 aliphatic rings. The molecule has 8 rings (SSSR count). The molecule has 8 aromatic rings. The molecule has 2 nitrogen and oxygen atoms in total. The fourth-order valence-electron chi connectivity index (χ4n) is 7.01. The van der Waals surface area contributed by atoms with E-state index in [4.69, 9.17) is 0 Å². The van der Waals surface area contributed by atoms with E-state index in [2.05, 4.69) is 193 Å². The number of para-hydroxylation sites is 2. The number of thioether (sulfide) groups is 1. The molecule has 0 spiro atoms. The van der Waals surface area contributed by atoms with E-state index < -0.39 is 8.07 Å². The average molecular weight is 655 g/mol. The molecular formula is C44H38N2SSi. The Labute approximate surface area is 288 Å². The van der Waals surface area contributed by atoms with E-state index in [0.717, 1.165) is 17.1 Å². The second kappa shape index (κ2) is 12.2. The molecule has 0 saturated carbocycles.